The predicted octanol–water partition coefficient (Wildman–Crippen LogP) is 3.53. The maximum atomic E-state index is 13.7. The lowest BCUT2D eigenvalue weighted by atomic mass is 10.0. The molecule has 0 fully saturated rings. The van der Waals surface area contributed by atoms with E-state index in [-0.39, 0.29) is 12.4 Å². The monoisotopic (exact) mass is 253 g/mol. The van der Waals surface area contributed by atoms with Gasteiger partial charge in [-0.05, 0) is 29.3 Å². The first kappa shape index (κ1) is 11.8. The summed E-state index contributed by atoms with van der Waals surface area (Å²) in [4.78, 5) is 4.27. The number of fused-ring (bicyclic) bond motifs is 1. The van der Waals surface area contributed by atoms with Crippen LogP contribution in [0.2, 0.25) is 0 Å². The van der Waals surface area contributed by atoms with Gasteiger partial charge in [-0.2, -0.15) is 0 Å². The van der Waals surface area contributed by atoms with Crippen molar-refractivity contribution < 1.29 is 9.50 Å². The van der Waals surface area contributed by atoms with E-state index in [2.05, 4.69) is 4.98 Å². The van der Waals surface area contributed by atoms with Crippen LogP contribution >= 0.6 is 0 Å². The van der Waals surface area contributed by atoms with Crippen molar-refractivity contribution >= 4 is 10.9 Å². The number of hydrogen-bond donors (Lipinski definition) is 1. The number of hydrogen-bond acceptors (Lipinski definition) is 2. The van der Waals surface area contributed by atoms with Crippen LogP contribution in [0.4, 0.5) is 4.39 Å². The second kappa shape index (κ2) is 4.78. The summed E-state index contributed by atoms with van der Waals surface area (Å²) in [6.45, 7) is 0.0187. The van der Waals surface area contributed by atoms with Gasteiger partial charge in [0, 0.05) is 17.1 Å². The van der Waals surface area contributed by atoms with E-state index >= 15 is 0 Å². The van der Waals surface area contributed by atoms with Crippen molar-refractivity contribution in [1.82, 2.24) is 4.98 Å². The van der Waals surface area contributed by atoms with Gasteiger partial charge in [0.15, 0.2) is 0 Å². The maximum absolute atomic E-state index is 13.7. The fraction of sp³-hybridized carbons (Fsp3) is 0.0625. The third kappa shape index (κ3) is 2.20. The fourth-order valence-electron chi connectivity index (χ4n) is 2.07. The zero-order valence-electron chi connectivity index (χ0n) is 10.2. The molecule has 3 aromatic rings. The Hall–Kier alpha value is -2.26. The molecule has 0 aliphatic rings. The average molecular weight is 253 g/mol. The topological polar surface area (TPSA) is 33.1 Å². The largest absolute Gasteiger partial charge is 0.392 e. The third-order valence-corrected chi connectivity index (χ3v) is 3.14. The van der Waals surface area contributed by atoms with Gasteiger partial charge in [-0.1, -0.05) is 30.3 Å². The van der Waals surface area contributed by atoms with Gasteiger partial charge in [0.1, 0.15) is 5.82 Å². The lowest BCUT2D eigenvalue weighted by Crippen LogP contribution is -1.87. The third-order valence-electron chi connectivity index (χ3n) is 3.14. The van der Waals surface area contributed by atoms with E-state index < -0.39 is 0 Å². The van der Waals surface area contributed by atoms with E-state index in [0.29, 0.717) is 10.9 Å². The minimum absolute atomic E-state index is 0.0187. The van der Waals surface area contributed by atoms with E-state index in [1.165, 1.54) is 6.07 Å². The highest BCUT2D eigenvalue weighted by molar-refractivity contribution is 5.84. The molecule has 2 nitrogen and oxygen atoms in total. The molecule has 1 aromatic heterocycles. The van der Waals surface area contributed by atoms with Gasteiger partial charge in [-0.25, -0.2) is 4.39 Å². The van der Waals surface area contributed by atoms with E-state index in [1.807, 2.05) is 24.3 Å². The summed E-state index contributed by atoms with van der Waals surface area (Å²) in [5.74, 6) is -0.265. The minimum atomic E-state index is -0.265. The molecule has 94 valence electrons. The zero-order chi connectivity index (χ0) is 13.2. The number of halogens is 1. The predicted molar refractivity (Wildman–Crippen MR) is 73.1 cm³/mol. The smallest absolute Gasteiger partial charge is 0.132 e. The Labute approximate surface area is 110 Å². The van der Waals surface area contributed by atoms with Gasteiger partial charge in [0.2, 0.25) is 0 Å². The SMILES string of the molecule is OCc1ccc(-c2cnc3cccc(F)c3c2)cc1. The highest BCUT2D eigenvalue weighted by Gasteiger charge is 2.04. The molecule has 19 heavy (non-hydrogen) atoms. The van der Waals surface area contributed by atoms with Gasteiger partial charge >= 0.3 is 0 Å². The first-order chi connectivity index (χ1) is 9.28. The lowest BCUT2D eigenvalue weighted by Gasteiger charge is -2.05. The Morgan fingerprint density at radius 3 is 2.53 bits per heavy atom. The van der Waals surface area contributed by atoms with Gasteiger partial charge in [-0.15, -0.1) is 0 Å². The fourth-order valence-corrected chi connectivity index (χ4v) is 2.07. The average Bonchev–Trinajstić information content (AvgIpc) is 2.47. The molecule has 0 aliphatic carbocycles. The van der Waals surface area contributed by atoms with Gasteiger partial charge in [0.05, 0.1) is 12.1 Å². The van der Waals surface area contributed by atoms with Crippen LogP contribution in [0.3, 0.4) is 0 Å². The summed E-state index contributed by atoms with van der Waals surface area (Å²) in [5.41, 5.74) is 3.32. The first-order valence-electron chi connectivity index (χ1n) is 6.02. The molecule has 3 heteroatoms. The molecule has 0 atom stereocenters. The second-order valence-corrected chi connectivity index (χ2v) is 4.39. The Morgan fingerprint density at radius 2 is 1.79 bits per heavy atom. The molecule has 1 N–H and O–H groups in total. The summed E-state index contributed by atoms with van der Waals surface area (Å²) in [7, 11) is 0. The number of aliphatic hydroxyl groups excluding tert-OH is 1. The van der Waals surface area contributed by atoms with Gasteiger partial charge in [0.25, 0.3) is 0 Å². The van der Waals surface area contributed by atoms with Crippen molar-refractivity contribution in [3.63, 3.8) is 0 Å². The van der Waals surface area contributed by atoms with Crippen LogP contribution in [0.1, 0.15) is 5.56 Å². The second-order valence-electron chi connectivity index (χ2n) is 4.39. The molecule has 1 heterocycles. The molecule has 0 saturated heterocycles. The van der Waals surface area contributed by atoms with Crippen LogP contribution in [0, 0.1) is 5.82 Å². The lowest BCUT2D eigenvalue weighted by molar-refractivity contribution is 0.282. The Kier molecular flexibility index (Phi) is 2.97. The van der Waals surface area contributed by atoms with Crippen molar-refractivity contribution in [3.8, 4) is 11.1 Å². The number of benzene rings is 2. The summed E-state index contributed by atoms with van der Waals surface area (Å²) in [6, 6.07) is 14.2. The van der Waals surface area contributed by atoms with Crippen LogP contribution < -0.4 is 0 Å². The molecular weight excluding hydrogens is 241 g/mol. The highest BCUT2D eigenvalue weighted by Crippen LogP contribution is 2.24. The summed E-state index contributed by atoms with van der Waals surface area (Å²) < 4.78 is 13.7. The Morgan fingerprint density at radius 1 is 1.00 bits per heavy atom. The van der Waals surface area contributed by atoms with Crippen molar-refractivity contribution in [2.24, 2.45) is 0 Å². The van der Waals surface area contributed by atoms with Crippen LogP contribution in [-0.2, 0) is 6.61 Å². The normalized spacial score (nSPS) is 10.8. The number of aromatic nitrogens is 1. The van der Waals surface area contributed by atoms with E-state index in [0.717, 1.165) is 16.7 Å². The number of pyridine rings is 1. The number of nitrogens with zero attached hydrogens (tertiary/aromatic N) is 1. The van der Waals surface area contributed by atoms with Gasteiger partial charge < -0.3 is 5.11 Å². The molecule has 0 saturated carbocycles. The van der Waals surface area contributed by atoms with E-state index in [1.54, 1.807) is 24.4 Å². The van der Waals surface area contributed by atoms with Gasteiger partial charge in [-0.3, -0.25) is 4.98 Å². The Bertz CT molecular complexity index is 722. The molecule has 0 unspecified atom stereocenters. The molecule has 0 aliphatic heterocycles. The quantitative estimate of drug-likeness (QED) is 0.757. The van der Waals surface area contributed by atoms with Crippen LogP contribution in [0.5, 0.6) is 0 Å². The van der Waals surface area contributed by atoms with Crippen LogP contribution in [0.15, 0.2) is 54.7 Å². The standard InChI is InChI=1S/C16H12FNO/c17-15-2-1-3-16-14(15)8-13(9-18-16)12-6-4-11(10-19)5-7-12/h1-9,19H,10H2. The van der Waals surface area contributed by atoms with Crippen molar-refractivity contribution in [3.05, 3.63) is 66.1 Å². The Balaban J connectivity index is 2.11. The highest BCUT2D eigenvalue weighted by atomic mass is 19.1. The molecule has 0 radical (unpaired) electrons. The van der Waals surface area contributed by atoms with Crippen molar-refractivity contribution in [2.45, 2.75) is 6.61 Å². The van der Waals surface area contributed by atoms with Crippen molar-refractivity contribution in [2.75, 3.05) is 0 Å². The number of aliphatic hydroxyl groups is 1. The molecule has 0 spiro atoms. The van der Waals surface area contributed by atoms with Crippen molar-refractivity contribution in [1.29, 1.82) is 0 Å². The van der Waals surface area contributed by atoms with Crippen LogP contribution in [0.25, 0.3) is 22.0 Å². The van der Waals surface area contributed by atoms with E-state index in [9.17, 15) is 4.39 Å². The molecule has 0 bridgehead atoms. The maximum Gasteiger partial charge on any atom is 0.132 e. The summed E-state index contributed by atoms with van der Waals surface area (Å²) in [5, 5.41) is 9.53. The molecular formula is C16H12FNO. The first-order valence-corrected chi connectivity index (χ1v) is 6.02. The minimum Gasteiger partial charge on any atom is -0.392 e. The summed E-state index contributed by atoms with van der Waals surface area (Å²) in [6.07, 6.45) is 1.73. The summed E-state index contributed by atoms with van der Waals surface area (Å²) >= 11 is 0. The molecule has 0 amide bonds. The number of rotatable bonds is 2. The van der Waals surface area contributed by atoms with E-state index in [4.69, 9.17) is 5.11 Å². The molecule has 2 aromatic carbocycles. The molecule has 3 rings (SSSR count). The zero-order valence-corrected chi connectivity index (χ0v) is 10.2. The van der Waals surface area contributed by atoms with Crippen LogP contribution in [-0.4, -0.2) is 10.1 Å².